The second-order valence-corrected chi connectivity index (χ2v) is 10.7. The molecule has 1 aromatic heterocycles. The number of benzene rings is 7. The van der Waals surface area contributed by atoms with E-state index in [-0.39, 0.29) is 0 Å². The highest BCUT2D eigenvalue weighted by atomic mass is 15.1. The van der Waals surface area contributed by atoms with Crippen LogP contribution in [0.2, 0.25) is 0 Å². The van der Waals surface area contributed by atoms with Crippen molar-refractivity contribution in [3.63, 3.8) is 0 Å². The van der Waals surface area contributed by atoms with Crippen molar-refractivity contribution in [1.29, 1.82) is 0 Å². The number of nitrogens with zero attached hydrogens (tertiary/aromatic N) is 2. The van der Waals surface area contributed by atoms with E-state index < -0.39 is 0 Å². The first-order chi connectivity index (χ1) is 20.8. The lowest BCUT2D eigenvalue weighted by atomic mass is 10.0. The van der Waals surface area contributed by atoms with Gasteiger partial charge in [-0.1, -0.05) is 109 Å². The maximum absolute atomic E-state index is 2.38. The van der Waals surface area contributed by atoms with Gasteiger partial charge in [0.25, 0.3) is 0 Å². The SMILES string of the molecule is c1ccc(-c2cccc(N(c3ccc4ccccc4c3)c3ccc4c(c3)c3ccccc3n4-c3ccccc3)c2)cc1. The lowest BCUT2D eigenvalue weighted by Crippen LogP contribution is -2.10. The number of anilines is 3. The molecule has 0 aliphatic rings. The highest BCUT2D eigenvalue weighted by Crippen LogP contribution is 2.41. The van der Waals surface area contributed by atoms with Crippen LogP contribution in [0.15, 0.2) is 170 Å². The zero-order valence-corrected chi connectivity index (χ0v) is 23.1. The summed E-state index contributed by atoms with van der Waals surface area (Å²) < 4.78 is 2.37. The summed E-state index contributed by atoms with van der Waals surface area (Å²) in [5, 5.41) is 4.94. The molecular weight excluding hydrogens is 508 g/mol. The molecule has 0 aliphatic carbocycles. The summed E-state index contributed by atoms with van der Waals surface area (Å²) in [5.41, 5.74) is 9.35. The van der Waals surface area contributed by atoms with Gasteiger partial charge in [0, 0.05) is 33.5 Å². The van der Waals surface area contributed by atoms with E-state index in [1.165, 1.54) is 49.4 Å². The summed E-state index contributed by atoms with van der Waals surface area (Å²) in [6, 6.07) is 61.0. The summed E-state index contributed by atoms with van der Waals surface area (Å²) in [5.74, 6) is 0. The van der Waals surface area contributed by atoms with E-state index in [9.17, 15) is 0 Å². The third-order valence-corrected chi connectivity index (χ3v) is 8.13. The van der Waals surface area contributed by atoms with Crippen LogP contribution in [0.25, 0.3) is 49.4 Å². The van der Waals surface area contributed by atoms with Crippen molar-refractivity contribution in [2.45, 2.75) is 0 Å². The summed E-state index contributed by atoms with van der Waals surface area (Å²) >= 11 is 0. The molecule has 2 heteroatoms. The second kappa shape index (κ2) is 10.1. The first kappa shape index (κ1) is 24.2. The van der Waals surface area contributed by atoms with Gasteiger partial charge in [-0.05, 0) is 82.6 Å². The van der Waals surface area contributed by atoms with E-state index in [0.717, 1.165) is 17.1 Å². The van der Waals surface area contributed by atoms with Gasteiger partial charge in [-0.25, -0.2) is 0 Å². The highest BCUT2D eigenvalue weighted by molar-refractivity contribution is 6.10. The molecule has 7 aromatic carbocycles. The Kier molecular flexibility index (Phi) is 5.82. The molecule has 0 radical (unpaired) electrons. The van der Waals surface area contributed by atoms with Crippen molar-refractivity contribution in [2.24, 2.45) is 0 Å². The maximum atomic E-state index is 2.38. The number of rotatable bonds is 5. The maximum Gasteiger partial charge on any atom is 0.0542 e. The third kappa shape index (κ3) is 4.13. The quantitative estimate of drug-likeness (QED) is 0.212. The largest absolute Gasteiger partial charge is 0.310 e. The van der Waals surface area contributed by atoms with E-state index in [0.29, 0.717) is 0 Å². The molecule has 8 rings (SSSR count). The molecule has 2 nitrogen and oxygen atoms in total. The Hall–Kier alpha value is -5.60. The molecule has 0 unspecified atom stereocenters. The fourth-order valence-electron chi connectivity index (χ4n) is 6.17. The predicted molar refractivity (Wildman–Crippen MR) is 178 cm³/mol. The van der Waals surface area contributed by atoms with Gasteiger partial charge in [-0.3, -0.25) is 0 Å². The number of hydrogen-bond acceptors (Lipinski definition) is 1. The smallest absolute Gasteiger partial charge is 0.0542 e. The molecule has 8 aromatic rings. The van der Waals surface area contributed by atoms with Crippen LogP contribution in [0.5, 0.6) is 0 Å². The van der Waals surface area contributed by atoms with Crippen LogP contribution in [0.1, 0.15) is 0 Å². The molecule has 0 aliphatic heterocycles. The minimum absolute atomic E-state index is 1.12. The number of hydrogen-bond donors (Lipinski definition) is 0. The fourth-order valence-corrected chi connectivity index (χ4v) is 6.17. The average Bonchev–Trinajstić information content (AvgIpc) is 3.40. The van der Waals surface area contributed by atoms with Crippen molar-refractivity contribution >= 4 is 49.6 Å². The first-order valence-electron chi connectivity index (χ1n) is 14.4. The Balaban J connectivity index is 1.37. The third-order valence-electron chi connectivity index (χ3n) is 8.13. The number of fused-ring (bicyclic) bond motifs is 4. The van der Waals surface area contributed by atoms with E-state index in [2.05, 4.69) is 179 Å². The minimum atomic E-state index is 1.12. The second-order valence-electron chi connectivity index (χ2n) is 10.7. The van der Waals surface area contributed by atoms with E-state index in [1.54, 1.807) is 0 Å². The van der Waals surface area contributed by atoms with Gasteiger partial charge in [0.15, 0.2) is 0 Å². The Bertz CT molecular complexity index is 2190. The summed E-state index contributed by atoms with van der Waals surface area (Å²) in [4.78, 5) is 2.38. The van der Waals surface area contributed by atoms with Crippen molar-refractivity contribution in [1.82, 2.24) is 4.57 Å². The van der Waals surface area contributed by atoms with Gasteiger partial charge < -0.3 is 9.47 Å². The number of aromatic nitrogens is 1. The zero-order chi connectivity index (χ0) is 27.9. The van der Waals surface area contributed by atoms with E-state index in [1.807, 2.05) is 0 Å². The van der Waals surface area contributed by atoms with E-state index >= 15 is 0 Å². The zero-order valence-electron chi connectivity index (χ0n) is 23.1. The Labute approximate surface area is 245 Å². The molecule has 1 heterocycles. The Morgan fingerprint density at radius 1 is 0.357 bits per heavy atom. The molecule has 0 atom stereocenters. The van der Waals surface area contributed by atoms with Crippen LogP contribution in [-0.4, -0.2) is 4.57 Å². The first-order valence-corrected chi connectivity index (χ1v) is 14.4. The molecule has 0 saturated carbocycles. The van der Waals surface area contributed by atoms with E-state index in [4.69, 9.17) is 0 Å². The molecule has 0 saturated heterocycles. The van der Waals surface area contributed by atoms with Gasteiger partial charge >= 0.3 is 0 Å². The Morgan fingerprint density at radius 2 is 0.976 bits per heavy atom. The van der Waals surface area contributed by atoms with Crippen LogP contribution < -0.4 is 4.90 Å². The van der Waals surface area contributed by atoms with Crippen LogP contribution in [-0.2, 0) is 0 Å². The van der Waals surface area contributed by atoms with Gasteiger partial charge in [0.1, 0.15) is 0 Å². The highest BCUT2D eigenvalue weighted by Gasteiger charge is 2.18. The van der Waals surface area contributed by atoms with Crippen LogP contribution in [0, 0.1) is 0 Å². The number of para-hydroxylation sites is 2. The molecule has 0 spiro atoms. The summed E-state index contributed by atoms with van der Waals surface area (Å²) in [7, 11) is 0. The molecule has 0 fully saturated rings. The Morgan fingerprint density at radius 3 is 1.83 bits per heavy atom. The summed E-state index contributed by atoms with van der Waals surface area (Å²) in [6.07, 6.45) is 0. The van der Waals surface area contributed by atoms with Gasteiger partial charge in [0.2, 0.25) is 0 Å². The van der Waals surface area contributed by atoms with Crippen molar-refractivity contribution in [3.8, 4) is 16.8 Å². The molecule has 0 N–H and O–H groups in total. The van der Waals surface area contributed by atoms with Crippen LogP contribution in [0.3, 0.4) is 0 Å². The van der Waals surface area contributed by atoms with Crippen molar-refractivity contribution < 1.29 is 0 Å². The lowest BCUT2D eigenvalue weighted by Gasteiger charge is -2.26. The average molecular weight is 537 g/mol. The normalized spacial score (nSPS) is 11.3. The minimum Gasteiger partial charge on any atom is -0.310 e. The van der Waals surface area contributed by atoms with Crippen molar-refractivity contribution in [3.05, 3.63) is 170 Å². The molecule has 0 amide bonds. The van der Waals surface area contributed by atoms with Gasteiger partial charge in [0.05, 0.1) is 11.0 Å². The lowest BCUT2D eigenvalue weighted by molar-refractivity contribution is 1.18. The molecule has 42 heavy (non-hydrogen) atoms. The van der Waals surface area contributed by atoms with Gasteiger partial charge in [-0.2, -0.15) is 0 Å². The standard InChI is InChI=1S/C40H28N2/c1-3-12-29(13-4-1)32-16-11-19-34(26-32)41(35-23-22-30-14-7-8-15-31(30)27-35)36-24-25-40-38(28-36)37-20-9-10-21-39(37)42(40)33-17-5-2-6-18-33/h1-28H. The summed E-state index contributed by atoms with van der Waals surface area (Å²) in [6.45, 7) is 0. The van der Waals surface area contributed by atoms with Crippen molar-refractivity contribution in [2.75, 3.05) is 4.90 Å². The molecule has 198 valence electrons. The predicted octanol–water partition coefficient (Wildman–Crippen LogP) is 11.1. The topological polar surface area (TPSA) is 8.17 Å². The van der Waals surface area contributed by atoms with Crippen LogP contribution >= 0.6 is 0 Å². The fraction of sp³-hybridized carbons (Fsp3) is 0. The molecular formula is C40H28N2. The van der Waals surface area contributed by atoms with Crippen LogP contribution in [0.4, 0.5) is 17.1 Å². The monoisotopic (exact) mass is 536 g/mol. The molecule has 0 bridgehead atoms. The van der Waals surface area contributed by atoms with Gasteiger partial charge in [-0.15, -0.1) is 0 Å².